The second-order valence-electron chi connectivity index (χ2n) is 4.12. The van der Waals surface area contributed by atoms with E-state index in [1.54, 1.807) is 36.4 Å². The minimum atomic E-state index is -0.329. The quantitative estimate of drug-likeness (QED) is 0.680. The number of nitriles is 1. The molecule has 1 aromatic carbocycles. The molecule has 1 heterocycles. The van der Waals surface area contributed by atoms with Crippen LogP contribution in [0.4, 0.5) is 0 Å². The first kappa shape index (κ1) is 13.4. The normalized spacial score (nSPS) is 10.2. The van der Waals surface area contributed by atoms with E-state index in [1.807, 2.05) is 13.0 Å². The van der Waals surface area contributed by atoms with Crippen LogP contribution < -0.4 is 5.43 Å². The second-order valence-corrected chi connectivity index (χ2v) is 4.12. The predicted molar refractivity (Wildman–Crippen MR) is 75.2 cm³/mol. The Morgan fingerprint density at radius 1 is 1.40 bits per heavy atom. The van der Waals surface area contributed by atoms with Gasteiger partial charge in [0.15, 0.2) is 0 Å². The molecule has 20 heavy (non-hydrogen) atoms. The number of aryl methyl sites for hydroxylation is 1. The lowest BCUT2D eigenvalue weighted by atomic mass is 10.1. The highest BCUT2D eigenvalue weighted by Crippen LogP contribution is 2.02. The largest absolute Gasteiger partial charge is 0.272 e. The lowest BCUT2D eigenvalue weighted by molar-refractivity contribution is 0.0955. The molecule has 0 atom stereocenters. The van der Waals surface area contributed by atoms with Crippen LogP contribution in [0, 0.1) is 18.3 Å². The van der Waals surface area contributed by atoms with Gasteiger partial charge in [0.1, 0.15) is 0 Å². The molecule has 0 aliphatic rings. The van der Waals surface area contributed by atoms with Gasteiger partial charge in [0.25, 0.3) is 5.91 Å². The number of aromatic nitrogens is 1. The molecule has 0 saturated carbocycles. The summed E-state index contributed by atoms with van der Waals surface area (Å²) in [5.74, 6) is -0.329. The van der Waals surface area contributed by atoms with Gasteiger partial charge in [-0.2, -0.15) is 10.4 Å². The topological polar surface area (TPSA) is 78.1 Å². The number of pyridine rings is 1. The Hall–Kier alpha value is -3.00. The molecule has 5 heteroatoms. The zero-order valence-electron chi connectivity index (χ0n) is 10.9. The maximum Gasteiger partial charge on any atom is 0.272 e. The van der Waals surface area contributed by atoms with Crippen LogP contribution in [0.1, 0.15) is 27.2 Å². The summed E-state index contributed by atoms with van der Waals surface area (Å²) >= 11 is 0. The van der Waals surface area contributed by atoms with Crippen molar-refractivity contribution < 1.29 is 4.79 Å². The van der Waals surface area contributed by atoms with Gasteiger partial charge in [-0.15, -0.1) is 0 Å². The summed E-state index contributed by atoms with van der Waals surface area (Å²) < 4.78 is 0. The Labute approximate surface area is 116 Å². The number of hydrogen-bond acceptors (Lipinski definition) is 4. The van der Waals surface area contributed by atoms with Crippen LogP contribution in [0.2, 0.25) is 0 Å². The molecule has 0 unspecified atom stereocenters. The highest BCUT2D eigenvalue weighted by molar-refractivity contribution is 5.94. The minimum Gasteiger partial charge on any atom is -0.267 e. The molecule has 2 rings (SSSR count). The fourth-order valence-electron chi connectivity index (χ4n) is 1.52. The third-order valence-electron chi connectivity index (χ3n) is 2.57. The van der Waals surface area contributed by atoms with Gasteiger partial charge >= 0.3 is 0 Å². The Bertz CT molecular complexity index is 684. The smallest absolute Gasteiger partial charge is 0.267 e. The number of nitrogens with zero attached hydrogens (tertiary/aromatic N) is 3. The Kier molecular flexibility index (Phi) is 4.20. The molecule has 0 bridgehead atoms. The van der Waals surface area contributed by atoms with Crippen LogP contribution in [0.3, 0.4) is 0 Å². The molecule has 2 aromatic rings. The van der Waals surface area contributed by atoms with Crippen molar-refractivity contribution in [2.75, 3.05) is 0 Å². The van der Waals surface area contributed by atoms with Crippen LogP contribution in [0.15, 0.2) is 47.7 Å². The van der Waals surface area contributed by atoms with E-state index >= 15 is 0 Å². The van der Waals surface area contributed by atoms with Gasteiger partial charge in [0.05, 0.1) is 23.4 Å². The van der Waals surface area contributed by atoms with Crippen LogP contribution >= 0.6 is 0 Å². The van der Waals surface area contributed by atoms with Gasteiger partial charge in [-0.05, 0) is 36.8 Å². The van der Waals surface area contributed by atoms with Crippen molar-refractivity contribution in [3.63, 3.8) is 0 Å². The first-order valence-corrected chi connectivity index (χ1v) is 5.95. The summed E-state index contributed by atoms with van der Waals surface area (Å²) in [7, 11) is 0. The summed E-state index contributed by atoms with van der Waals surface area (Å²) in [6.07, 6.45) is 2.98. The molecular formula is C15H12N4O. The number of benzene rings is 1. The third-order valence-corrected chi connectivity index (χ3v) is 2.57. The van der Waals surface area contributed by atoms with E-state index < -0.39 is 0 Å². The number of carbonyl (C=O) groups is 1. The van der Waals surface area contributed by atoms with E-state index in [4.69, 9.17) is 5.26 Å². The molecule has 5 nitrogen and oxygen atoms in total. The number of hydrazone groups is 1. The third kappa shape index (κ3) is 3.50. The summed E-state index contributed by atoms with van der Waals surface area (Å²) in [5.41, 5.74) is 4.99. The van der Waals surface area contributed by atoms with Crippen LogP contribution in [0.5, 0.6) is 0 Å². The molecule has 98 valence electrons. The average molecular weight is 264 g/mol. The lowest BCUT2D eigenvalue weighted by Gasteiger charge is -1.99. The molecule has 0 fully saturated rings. The molecule has 0 radical (unpaired) electrons. The first-order valence-electron chi connectivity index (χ1n) is 5.95. The zero-order chi connectivity index (χ0) is 14.4. The van der Waals surface area contributed by atoms with E-state index in [9.17, 15) is 4.79 Å². The van der Waals surface area contributed by atoms with Crippen LogP contribution in [-0.4, -0.2) is 17.1 Å². The van der Waals surface area contributed by atoms with Gasteiger partial charge in [-0.25, -0.2) is 5.43 Å². The monoisotopic (exact) mass is 264 g/mol. The molecule has 0 aliphatic carbocycles. The fourth-order valence-corrected chi connectivity index (χ4v) is 1.52. The van der Waals surface area contributed by atoms with Crippen LogP contribution in [-0.2, 0) is 0 Å². The van der Waals surface area contributed by atoms with E-state index in [1.165, 1.54) is 12.4 Å². The molecule has 1 amide bonds. The van der Waals surface area contributed by atoms with Crippen molar-refractivity contribution in [2.45, 2.75) is 6.92 Å². The van der Waals surface area contributed by atoms with Crippen molar-refractivity contribution in [3.05, 3.63) is 65.0 Å². The summed E-state index contributed by atoms with van der Waals surface area (Å²) in [5, 5.41) is 12.6. The number of rotatable bonds is 3. The molecule has 1 N–H and O–H groups in total. The van der Waals surface area contributed by atoms with Gasteiger partial charge in [-0.3, -0.25) is 9.78 Å². The fraction of sp³-hybridized carbons (Fsp3) is 0.0667. The minimum absolute atomic E-state index is 0.329. The Morgan fingerprint density at radius 3 is 2.95 bits per heavy atom. The lowest BCUT2D eigenvalue weighted by Crippen LogP contribution is -2.17. The van der Waals surface area contributed by atoms with E-state index in [0.29, 0.717) is 11.1 Å². The number of hydrogen-bond donors (Lipinski definition) is 1. The van der Waals surface area contributed by atoms with E-state index in [-0.39, 0.29) is 5.91 Å². The van der Waals surface area contributed by atoms with Gasteiger partial charge in [0.2, 0.25) is 0 Å². The summed E-state index contributed by atoms with van der Waals surface area (Å²) in [6.45, 7) is 1.85. The Balaban J connectivity index is 2.01. The first-order chi connectivity index (χ1) is 9.69. The van der Waals surface area contributed by atoms with Gasteiger partial charge in [0, 0.05) is 11.9 Å². The highest BCUT2D eigenvalue weighted by Gasteiger charge is 2.03. The maximum atomic E-state index is 11.8. The average Bonchev–Trinajstić information content (AvgIpc) is 2.48. The molecule has 0 spiro atoms. The summed E-state index contributed by atoms with van der Waals surface area (Å²) in [6, 6.07) is 12.4. The van der Waals surface area contributed by atoms with Crippen molar-refractivity contribution in [3.8, 4) is 6.07 Å². The zero-order valence-corrected chi connectivity index (χ0v) is 10.9. The second kappa shape index (κ2) is 6.25. The number of nitrogens with one attached hydrogen (secondary N) is 1. The molecule has 0 aliphatic heterocycles. The highest BCUT2D eigenvalue weighted by atomic mass is 16.2. The molecule has 1 aromatic heterocycles. The molecular weight excluding hydrogens is 252 g/mol. The predicted octanol–water partition coefficient (Wildman–Crippen LogP) is 2.03. The van der Waals surface area contributed by atoms with Gasteiger partial charge < -0.3 is 0 Å². The van der Waals surface area contributed by atoms with Crippen molar-refractivity contribution in [1.29, 1.82) is 5.26 Å². The maximum absolute atomic E-state index is 11.8. The standard InChI is InChI=1S/C15H12N4O/c1-11-5-6-14(10-17-11)15(20)19-18-9-13-4-2-3-12(7-13)8-16/h2-7,9-10H,1H3,(H,19,20)/b18-9+. The summed E-state index contributed by atoms with van der Waals surface area (Å²) in [4.78, 5) is 15.8. The number of carbonyl (C=O) groups excluding carboxylic acids is 1. The van der Waals surface area contributed by atoms with Crippen molar-refractivity contribution in [1.82, 2.24) is 10.4 Å². The van der Waals surface area contributed by atoms with E-state index in [0.717, 1.165) is 11.3 Å². The molecule has 0 saturated heterocycles. The van der Waals surface area contributed by atoms with Crippen molar-refractivity contribution in [2.24, 2.45) is 5.10 Å². The number of amides is 1. The van der Waals surface area contributed by atoms with E-state index in [2.05, 4.69) is 15.5 Å². The Morgan fingerprint density at radius 2 is 2.25 bits per heavy atom. The van der Waals surface area contributed by atoms with Crippen molar-refractivity contribution >= 4 is 12.1 Å². The SMILES string of the molecule is Cc1ccc(C(=O)N/N=C/c2cccc(C#N)c2)cn1. The van der Waals surface area contributed by atoms with Gasteiger partial charge in [-0.1, -0.05) is 12.1 Å². The van der Waals surface area contributed by atoms with Crippen LogP contribution in [0.25, 0.3) is 0 Å².